The van der Waals surface area contributed by atoms with Gasteiger partial charge >= 0.3 is 0 Å². The number of guanidine groups is 1. The van der Waals surface area contributed by atoms with Crippen molar-refractivity contribution in [3.63, 3.8) is 0 Å². The van der Waals surface area contributed by atoms with Crippen LogP contribution in [0.25, 0.3) is 0 Å². The number of thiazole rings is 1. The first-order valence-corrected chi connectivity index (χ1v) is 11.3. The molecular formula is C21H33N5O2S. The van der Waals surface area contributed by atoms with Gasteiger partial charge < -0.3 is 19.8 Å². The van der Waals surface area contributed by atoms with Crippen molar-refractivity contribution in [3.05, 3.63) is 39.7 Å². The number of aromatic nitrogens is 1. The van der Waals surface area contributed by atoms with Crippen molar-refractivity contribution in [2.75, 3.05) is 52.5 Å². The molecule has 7 nitrogen and oxygen atoms in total. The molecule has 0 amide bonds. The first-order valence-electron chi connectivity index (χ1n) is 10.5. The molecule has 1 aliphatic heterocycles. The van der Waals surface area contributed by atoms with E-state index in [1.165, 1.54) is 9.88 Å². The van der Waals surface area contributed by atoms with Crippen LogP contribution >= 0.6 is 11.3 Å². The van der Waals surface area contributed by atoms with E-state index in [9.17, 15) is 0 Å². The third kappa shape index (κ3) is 7.79. The summed E-state index contributed by atoms with van der Waals surface area (Å²) in [7, 11) is 0. The summed E-state index contributed by atoms with van der Waals surface area (Å²) in [5, 5.41) is 8.06. The fraction of sp³-hybridized carbons (Fsp3) is 0.619. The highest BCUT2D eigenvalue weighted by Gasteiger charge is 2.09. The first kappa shape index (κ1) is 21.8. The molecular weight excluding hydrogens is 386 g/mol. The van der Waals surface area contributed by atoms with Crippen molar-refractivity contribution >= 4 is 17.3 Å². The van der Waals surface area contributed by atoms with E-state index < -0.39 is 0 Å². The zero-order chi connectivity index (χ0) is 20.3. The second-order valence-corrected chi connectivity index (χ2v) is 8.51. The molecule has 3 rings (SSSR count). The average molecular weight is 420 g/mol. The highest BCUT2D eigenvalue weighted by molar-refractivity contribution is 7.11. The van der Waals surface area contributed by atoms with Gasteiger partial charge in [0.15, 0.2) is 5.96 Å². The number of furan rings is 1. The van der Waals surface area contributed by atoms with E-state index >= 15 is 0 Å². The Bertz CT molecular complexity index is 719. The number of aryl methyl sites for hydroxylation is 2. The molecule has 0 spiro atoms. The molecule has 0 aliphatic carbocycles. The van der Waals surface area contributed by atoms with Crippen LogP contribution in [-0.2, 0) is 17.6 Å². The number of morpholine rings is 1. The molecule has 1 saturated heterocycles. The molecule has 8 heteroatoms. The molecule has 0 bridgehead atoms. The summed E-state index contributed by atoms with van der Waals surface area (Å²) in [4.78, 5) is 13.1. The van der Waals surface area contributed by atoms with Crippen LogP contribution in [0.3, 0.4) is 0 Å². The Morgan fingerprint density at radius 1 is 1.21 bits per heavy atom. The molecule has 2 aromatic rings. The fourth-order valence-corrected chi connectivity index (χ4v) is 4.11. The standard InChI is InChI=1S/C21H33N5O2S/c1-17-18(2)29-20(25-17)7-10-24-21(23-9-6-19-5-3-14-28-19)22-8-4-11-26-12-15-27-16-13-26/h3,5,14H,4,6-13,15-16H2,1-2H3,(H2,22,23,24). The molecule has 0 unspecified atom stereocenters. The Hall–Kier alpha value is -1.90. The van der Waals surface area contributed by atoms with Gasteiger partial charge in [-0.1, -0.05) is 0 Å². The van der Waals surface area contributed by atoms with E-state index in [1.54, 1.807) is 17.6 Å². The maximum atomic E-state index is 5.41. The van der Waals surface area contributed by atoms with E-state index in [1.807, 2.05) is 12.1 Å². The molecule has 0 radical (unpaired) electrons. The zero-order valence-electron chi connectivity index (χ0n) is 17.6. The number of nitrogens with zero attached hydrogens (tertiary/aromatic N) is 3. The Kier molecular flexibility index (Phi) is 8.98. The van der Waals surface area contributed by atoms with Gasteiger partial charge in [-0.3, -0.25) is 9.89 Å². The molecule has 1 aliphatic rings. The van der Waals surface area contributed by atoms with E-state index in [2.05, 4.69) is 34.4 Å². The fourth-order valence-electron chi connectivity index (χ4n) is 3.18. The van der Waals surface area contributed by atoms with Crippen LogP contribution in [0.4, 0.5) is 0 Å². The summed E-state index contributed by atoms with van der Waals surface area (Å²) in [5.41, 5.74) is 1.14. The lowest BCUT2D eigenvalue weighted by Gasteiger charge is -2.26. The molecule has 2 N–H and O–H groups in total. The minimum absolute atomic E-state index is 0.790. The van der Waals surface area contributed by atoms with Crippen molar-refractivity contribution < 1.29 is 9.15 Å². The van der Waals surface area contributed by atoms with Crippen LogP contribution in [0.1, 0.15) is 27.8 Å². The summed E-state index contributed by atoms with van der Waals surface area (Å²) in [6, 6.07) is 3.92. The maximum Gasteiger partial charge on any atom is 0.191 e. The van der Waals surface area contributed by atoms with Gasteiger partial charge in [0, 0.05) is 57.0 Å². The van der Waals surface area contributed by atoms with Crippen molar-refractivity contribution in [2.24, 2.45) is 4.99 Å². The number of ether oxygens (including phenoxy) is 1. The Labute approximate surface area is 177 Å². The van der Waals surface area contributed by atoms with Crippen LogP contribution in [0.5, 0.6) is 0 Å². The van der Waals surface area contributed by atoms with Crippen LogP contribution in [0.2, 0.25) is 0 Å². The number of hydrogen-bond acceptors (Lipinski definition) is 6. The Morgan fingerprint density at radius 2 is 2.00 bits per heavy atom. The van der Waals surface area contributed by atoms with Crippen LogP contribution in [0.15, 0.2) is 27.8 Å². The second-order valence-electron chi connectivity index (χ2n) is 7.22. The van der Waals surface area contributed by atoms with Crippen molar-refractivity contribution in [1.82, 2.24) is 20.5 Å². The molecule has 0 saturated carbocycles. The van der Waals surface area contributed by atoms with Crippen molar-refractivity contribution in [1.29, 1.82) is 0 Å². The van der Waals surface area contributed by atoms with Crippen molar-refractivity contribution in [2.45, 2.75) is 33.1 Å². The second kappa shape index (κ2) is 11.9. The summed E-state index contributed by atoms with van der Waals surface area (Å²) >= 11 is 1.78. The summed E-state index contributed by atoms with van der Waals surface area (Å²) in [6.45, 7) is 11.4. The lowest BCUT2D eigenvalue weighted by atomic mass is 10.3. The maximum absolute atomic E-state index is 5.41. The van der Waals surface area contributed by atoms with Gasteiger partial charge in [0.05, 0.1) is 30.2 Å². The Balaban J connectivity index is 1.43. The summed E-state index contributed by atoms with van der Waals surface area (Å²) in [5.74, 6) is 1.85. The molecule has 2 aromatic heterocycles. The SMILES string of the molecule is Cc1nc(CCNC(=NCCCN2CCOCC2)NCCc2ccco2)sc1C. The first-order chi connectivity index (χ1) is 14.2. The van der Waals surface area contributed by atoms with Gasteiger partial charge in [-0.05, 0) is 32.4 Å². The summed E-state index contributed by atoms with van der Waals surface area (Å²) in [6.07, 6.45) is 4.51. The van der Waals surface area contributed by atoms with Crippen molar-refractivity contribution in [3.8, 4) is 0 Å². The topological polar surface area (TPSA) is 74.9 Å². The molecule has 0 aromatic carbocycles. The number of aliphatic imine (C=N–C) groups is 1. The molecule has 0 atom stereocenters. The molecule has 3 heterocycles. The van der Waals surface area contributed by atoms with Gasteiger partial charge in [-0.15, -0.1) is 11.3 Å². The predicted molar refractivity (Wildman–Crippen MR) is 118 cm³/mol. The number of nitrogens with one attached hydrogen (secondary N) is 2. The minimum Gasteiger partial charge on any atom is -0.469 e. The van der Waals surface area contributed by atoms with E-state index in [4.69, 9.17) is 14.1 Å². The highest BCUT2D eigenvalue weighted by Crippen LogP contribution is 2.16. The zero-order valence-corrected chi connectivity index (χ0v) is 18.4. The van der Waals surface area contributed by atoms with E-state index in [-0.39, 0.29) is 0 Å². The normalized spacial score (nSPS) is 15.6. The molecule has 1 fully saturated rings. The number of hydrogen-bond donors (Lipinski definition) is 2. The third-order valence-electron chi connectivity index (χ3n) is 4.95. The van der Waals surface area contributed by atoms with E-state index in [0.717, 1.165) is 89.2 Å². The largest absolute Gasteiger partial charge is 0.469 e. The predicted octanol–water partition coefficient (Wildman–Crippen LogP) is 2.40. The van der Waals surface area contributed by atoms with Crippen LogP contribution in [0, 0.1) is 13.8 Å². The summed E-state index contributed by atoms with van der Waals surface area (Å²) < 4.78 is 10.8. The monoisotopic (exact) mass is 419 g/mol. The quantitative estimate of drug-likeness (QED) is 0.350. The van der Waals surface area contributed by atoms with Gasteiger partial charge in [0.2, 0.25) is 0 Å². The Morgan fingerprint density at radius 3 is 2.69 bits per heavy atom. The average Bonchev–Trinajstić information content (AvgIpc) is 3.35. The molecule has 29 heavy (non-hydrogen) atoms. The lowest BCUT2D eigenvalue weighted by Crippen LogP contribution is -2.40. The minimum atomic E-state index is 0.790. The van der Waals surface area contributed by atoms with Crippen LogP contribution < -0.4 is 10.6 Å². The lowest BCUT2D eigenvalue weighted by molar-refractivity contribution is 0.0377. The van der Waals surface area contributed by atoms with Gasteiger partial charge in [0.1, 0.15) is 5.76 Å². The number of rotatable bonds is 10. The molecule has 160 valence electrons. The van der Waals surface area contributed by atoms with Gasteiger partial charge in [0.25, 0.3) is 0 Å². The van der Waals surface area contributed by atoms with Crippen LogP contribution in [-0.4, -0.2) is 68.3 Å². The third-order valence-corrected chi connectivity index (χ3v) is 6.09. The van der Waals surface area contributed by atoms with E-state index in [0.29, 0.717) is 0 Å². The highest BCUT2D eigenvalue weighted by atomic mass is 32.1. The van der Waals surface area contributed by atoms with Gasteiger partial charge in [-0.2, -0.15) is 0 Å². The van der Waals surface area contributed by atoms with Gasteiger partial charge in [-0.25, -0.2) is 4.98 Å². The smallest absolute Gasteiger partial charge is 0.191 e.